The molecule has 0 spiro atoms. The van der Waals surface area contributed by atoms with E-state index in [1.165, 1.54) is 12.1 Å². The van der Waals surface area contributed by atoms with Crippen LogP contribution in [0, 0.1) is 5.82 Å². The maximum absolute atomic E-state index is 13.4. The van der Waals surface area contributed by atoms with Crippen LogP contribution in [0.5, 0.6) is 0 Å². The molecule has 2 aromatic carbocycles. The number of rotatable bonds is 5. The van der Waals surface area contributed by atoms with Crippen LogP contribution in [0.15, 0.2) is 52.3 Å². The summed E-state index contributed by atoms with van der Waals surface area (Å²) in [5.41, 5.74) is 2.19. The molecule has 1 unspecified atom stereocenters. The van der Waals surface area contributed by atoms with Gasteiger partial charge >= 0.3 is 0 Å². The van der Waals surface area contributed by atoms with Crippen molar-refractivity contribution in [1.29, 1.82) is 0 Å². The molecule has 3 rings (SSSR count). The fraction of sp³-hybridized carbons (Fsp3) is 0.333. The van der Waals surface area contributed by atoms with Gasteiger partial charge in [-0.2, -0.15) is 0 Å². The van der Waals surface area contributed by atoms with Crippen LogP contribution in [0.4, 0.5) is 4.39 Å². The van der Waals surface area contributed by atoms with Gasteiger partial charge in [-0.15, -0.1) is 0 Å². The second-order valence-electron chi connectivity index (χ2n) is 6.30. The Bertz CT molecular complexity index is 912. The van der Waals surface area contributed by atoms with Gasteiger partial charge in [0.25, 0.3) is 0 Å². The van der Waals surface area contributed by atoms with Crippen molar-refractivity contribution in [2.75, 3.05) is 12.8 Å². The van der Waals surface area contributed by atoms with Gasteiger partial charge in [0.2, 0.25) is 10.0 Å². The molecule has 0 fully saturated rings. The van der Waals surface area contributed by atoms with E-state index in [-0.39, 0.29) is 5.92 Å². The van der Waals surface area contributed by atoms with Crippen LogP contribution in [-0.2, 0) is 27.2 Å². The quantitative estimate of drug-likeness (QED) is 0.866. The highest BCUT2D eigenvalue weighted by molar-refractivity contribution is 7.88. The fourth-order valence-electron chi connectivity index (χ4n) is 3.19. The molecule has 2 atom stereocenters. The standard InChI is InChI=1S/C18H20FNO3S2/c1-25(22,23)20-12-14-5-2-4-13-10-17(8-9-18(13)14)24(21)16-7-3-6-15(19)11-16/h3,6-11,14,20H,2,4-5,12H2,1H3/t14-,24?/m0/s1. The zero-order valence-electron chi connectivity index (χ0n) is 13.9. The minimum absolute atomic E-state index is 0.120. The number of hydrogen-bond acceptors (Lipinski definition) is 3. The SMILES string of the molecule is CS(=O)(=O)NC[C@@H]1CCCc2cc(S(=O)c3cccc(F)c3)ccc21. The van der Waals surface area contributed by atoms with Crippen molar-refractivity contribution in [2.45, 2.75) is 35.0 Å². The Balaban J connectivity index is 1.85. The van der Waals surface area contributed by atoms with Crippen molar-refractivity contribution in [3.8, 4) is 0 Å². The molecule has 2 aromatic rings. The van der Waals surface area contributed by atoms with Gasteiger partial charge in [0, 0.05) is 16.3 Å². The van der Waals surface area contributed by atoms with Gasteiger partial charge in [0.15, 0.2) is 0 Å². The van der Waals surface area contributed by atoms with Gasteiger partial charge in [-0.05, 0) is 66.6 Å². The lowest BCUT2D eigenvalue weighted by Crippen LogP contribution is -2.29. The third kappa shape index (κ3) is 4.54. The van der Waals surface area contributed by atoms with Crippen LogP contribution in [0.3, 0.4) is 0 Å². The normalized spacial score (nSPS) is 18.6. The third-order valence-electron chi connectivity index (χ3n) is 4.37. The maximum Gasteiger partial charge on any atom is 0.208 e. The van der Waals surface area contributed by atoms with E-state index < -0.39 is 26.6 Å². The predicted octanol–water partition coefficient (Wildman–Crippen LogP) is 2.96. The van der Waals surface area contributed by atoms with E-state index in [9.17, 15) is 17.0 Å². The maximum atomic E-state index is 13.4. The van der Waals surface area contributed by atoms with Crippen molar-refractivity contribution in [3.63, 3.8) is 0 Å². The van der Waals surface area contributed by atoms with E-state index >= 15 is 0 Å². The van der Waals surface area contributed by atoms with Crippen LogP contribution >= 0.6 is 0 Å². The Morgan fingerprint density at radius 2 is 1.96 bits per heavy atom. The van der Waals surface area contributed by atoms with Gasteiger partial charge in [0.1, 0.15) is 5.82 Å². The smallest absolute Gasteiger partial charge is 0.208 e. The second-order valence-corrected chi connectivity index (χ2v) is 9.61. The summed E-state index contributed by atoms with van der Waals surface area (Å²) in [7, 11) is -4.66. The first-order valence-electron chi connectivity index (χ1n) is 8.08. The lowest BCUT2D eigenvalue weighted by molar-refractivity contribution is 0.530. The monoisotopic (exact) mass is 381 g/mol. The highest BCUT2D eigenvalue weighted by Gasteiger charge is 2.22. The highest BCUT2D eigenvalue weighted by Crippen LogP contribution is 2.33. The van der Waals surface area contributed by atoms with Crippen LogP contribution in [0.2, 0.25) is 0 Å². The average molecular weight is 381 g/mol. The average Bonchev–Trinajstić information content (AvgIpc) is 2.58. The Kier molecular flexibility index (Phi) is 5.36. The molecule has 1 aliphatic carbocycles. The second kappa shape index (κ2) is 7.35. The lowest BCUT2D eigenvalue weighted by atomic mass is 9.83. The van der Waals surface area contributed by atoms with E-state index in [2.05, 4.69) is 4.72 Å². The summed E-state index contributed by atoms with van der Waals surface area (Å²) in [5, 5.41) is 0. The van der Waals surface area contributed by atoms with Crippen molar-refractivity contribution >= 4 is 20.8 Å². The zero-order valence-corrected chi connectivity index (χ0v) is 15.5. The van der Waals surface area contributed by atoms with Gasteiger partial charge in [-0.3, -0.25) is 0 Å². The minimum Gasteiger partial charge on any atom is -0.249 e. The molecule has 0 aromatic heterocycles. The molecule has 4 nitrogen and oxygen atoms in total. The highest BCUT2D eigenvalue weighted by atomic mass is 32.2. The summed E-state index contributed by atoms with van der Waals surface area (Å²) in [6.45, 7) is 0.373. The molecule has 7 heteroatoms. The summed E-state index contributed by atoms with van der Waals surface area (Å²) >= 11 is 0. The predicted molar refractivity (Wildman–Crippen MR) is 96.0 cm³/mol. The topological polar surface area (TPSA) is 63.2 Å². The number of halogens is 1. The fourth-order valence-corrected chi connectivity index (χ4v) is 4.83. The number of aryl methyl sites for hydroxylation is 1. The third-order valence-corrected chi connectivity index (χ3v) is 6.42. The Morgan fingerprint density at radius 3 is 2.68 bits per heavy atom. The molecule has 134 valence electrons. The van der Waals surface area contributed by atoms with E-state index in [1.54, 1.807) is 18.2 Å². The van der Waals surface area contributed by atoms with E-state index in [4.69, 9.17) is 0 Å². The largest absolute Gasteiger partial charge is 0.249 e. The summed E-state index contributed by atoms with van der Waals surface area (Å²) < 4.78 is 51.3. The van der Waals surface area contributed by atoms with Crippen molar-refractivity contribution in [3.05, 3.63) is 59.4 Å². The summed E-state index contributed by atoms with van der Waals surface area (Å²) in [6.07, 6.45) is 3.90. The minimum atomic E-state index is -3.22. The molecule has 0 amide bonds. The van der Waals surface area contributed by atoms with Crippen molar-refractivity contribution < 1.29 is 17.0 Å². The first-order valence-corrected chi connectivity index (χ1v) is 11.1. The summed E-state index contributed by atoms with van der Waals surface area (Å²) in [5.74, 6) is -0.286. The van der Waals surface area contributed by atoms with Gasteiger partial charge in [-0.1, -0.05) is 12.1 Å². The molecule has 0 bridgehead atoms. The number of nitrogens with one attached hydrogen (secondary N) is 1. The van der Waals surface area contributed by atoms with E-state index in [0.717, 1.165) is 36.6 Å². The van der Waals surface area contributed by atoms with Gasteiger partial charge in [-0.25, -0.2) is 21.7 Å². The first-order chi connectivity index (χ1) is 11.8. The molecule has 0 saturated heterocycles. The molecule has 0 saturated carbocycles. The number of fused-ring (bicyclic) bond motifs is 1. The molecule has 25 heavy (non-hydrogen) atoms. The molecule has 1 aliphatic rings. The molecule has 1 N–H and O–H groups in total. The Morgan fingerprint density at radius 1 is 1.20 bits per heavy atom. The van der Waals surface area contributed by atoms with Crippen LogP contribution in [0.25, 0.3) is 0 Å². The number of hydrogen-bond donors (Lipinski definition) is 1. The molecular formula is C18H20FNO3S2. The van der Waals surface area contributed by atoms with E-state index in [0.29, 0.717) is 16.3 Å². The number of benzene rings is 2. The zero-order chi connectivity index (χ0) is 18.0. The Hall–Kier alpha value is -1.57. The number of sulfonamides is 1. The molecule has 0 heterocycles. The molecular weight excluding hydrogens is 361 g/mol. The first kappa shape index (κ1) is 18.2. The van der Waals surface area contributed by atoms with E-state index in [1.807, 2.05) is 12.1 Å². The van der Waals surface area contributed by atoms with Gasteiger partial charge < -0.3 is 0 Å². The lowest BCUT2D eigenvalue weighted by Gasteiger charge is -2.26. The van der Waals surface area contributed by atoms with Crippen molar-refractivity contribution in [1.82, 2.24) is 4.72 Å². The summed E-state index contributed by atoms with van der Waals surface area (Å²) in [4.78, 5) is 1.08. The van der Waals surface area contributed by atoms with Crippen LogP contribution in [-0.4, -0.2) is 25.4 Å². The van der Waals surface area contributed by atoms with Crippen LogP contribution in [0.1, 0.15) is 29.9 Å². The van der Waals surface area contributed by atoms with Gasteiger partial charge in [0.05, 0.1) is 17.1 Å². The summed E-state index contributed by atoms with van der Waals surface area (Å²) in [6, 6.07) is 11.4. The Labute approximate surface area is 150 Å². The molecule has 0 radical (unpaired) electrons. The van der Waals surface area contributed by atoms with Crippen molar-refractivity contribution in [2.24, 2.45) is 0 Å². The molecule has 0 aliphatic heterocycles. The van der Waals surface area contributed by atoms with Crippen LogP contribution < -0.4 is 4.72 Å².